The number of allylic oxidation sites excluding steroid dienone is 2. The van der Waals surface area contributed by atoms with Gasteiger partial charge < -0.3 is 0 Å². The van der Waals surface area contributed by atoms with Gasteiger partial charge in [-0.05, 0) is 6.08 Å². The highest BCUT2D eigenvalue weighted by Gasteiger charge is 2.41. The zero-order valence-corrected chi connectivity index (χ0v) is 6.80. The first-order valence-corrected chi connectivity index (χ1v) is 4.38. The molecule has 0 bridgehead atoms. The molecule has 1 aliphatic heterocycles. The molecule has 0 aromatic rings. The summed E-state index contributed by atoms with van der Waals surface area (Å²) in [5.74, 6) is 0. The molecule has 0 aromatic heterocycles. The average molecular weight is 179 g/mol. The van der Waals surface area contributed by atoms with Crippen molar-refractivity contribution < 1.29 is 0 Å². The Bertz CT molecular complexity index is 207. The summed E-state index contributed by atoms with van der Waals surface area (Å²) in [6.07, 6.45) is 3.98. The van der Waals surface area contributed by atoms with Crippen LogP contribution in [0.4, 0.5) is 0 Å². The Morgan fingerprint density at radius 2 is 2.22 bits per heavy atom. The molecule has 2 rings (SSSR count). The molecule has 0 saturated carbocycles. The Labute approximate surface area is 67.9 Å². The van der Waals surface area contributed by atoms with Crippen LogP contribution in [0.15, 0.2) is 22.2 Å². The van der Waals surface area contributed by atoms with Crippen molar-refractivity contribution in [3.63, 3.8) is 0 Å². The van der Waals surface area contributed by atoms with Gasteiger partial charge in [-0.25, -0.2) is 0 Å². The maximum absolute atomic E-state index is 5.83. The van der Waals surface area contributed by atoms with Crippen LogP contribution in [0.2, 0.25) is 0 Å². The molecule has 48 valence electrons. The van der Waals surface area contributed by atoms with Gasteiger partial charge in [-0.15, -0.1) is 11.8 Å². The van der Waals surface area contributed by atoms with E-state index in [9.17, 15) is 0 Å². The van der Waals surface area contributed by atoms with Crippen molar-refractivity contribution >= 4 is 35.0 Å². The fourth-order valence-electron chi connectivity index (χ4n) is 0.869. The molecule has 0 aromatic carbocycles. The van der Waals surface area contributed by atoms with Gasteiger partial charge in [0.2, 0.25) is 0 Å². The van der Waals surface area contributed by atoms with Crippen LogP contribution in [0.25, 0.3) is 0 Å². The molecule has 1 saturated heterocycles. The van der Waals surface area contributed by atoms with Gasteiger partial charge in [0.1, 0.15) is 0 Å². The van der Waals surface area contributed by atoms with E-state index in [0.717, 1.165) is 5.03 Å². The van der Waals surface area contributed by atoms with E-state index in [0.29, 0.717) is 15.5 Å². The first-order valence-electron chi connectivity index (χ1n) is 2.68. The number of thioether (sulfide) groups is 1. The van der Waals surface area contributed by atoms with Gasteiger partial charge in [0.25, 0.3) is 0 Å². The molecule has 0 nitrogen and oxygen atoms in total. The van der Waals surface area contributed by atoms with E-state index in [4.69, 9.17) is 23.2 Å². The van der Waals surface area contributed by atoms with Gasteiger partial charge in [-0.1, -0.05) is 29.3 Å². The molecular weight excluding hydrogens is 175 g/mol. The van der Waals surface area contributed by atoms with Crippen molar-refractivity contribution in [1.82, 2.24) is 0 Å². The standard InChI is InChI=1S/C6H4Cl2S/c7-3-1-2-4-6(9-4)5(3)8/h1-2,4,6H. The second-order valence-electron chi connectivity index (χ2n) is 2.08. The summed E-state index contributed by atoms with van der Waals surface area (Å²) < 4.78 is 0. The smallest absolute Gasteiger partial charge is 0.0580 e. The normalized spacial score (nSPS) is 38.9. The van der Waals surface area contributed by atoms with Crippen LogP contribution in [0.3, 0.4) is 0 Å². The number of halogens is 2. The topological polar surface area (TPSA) is 0 Å². The highest BCUT2D eigenvalue weighted by molar-refractivity contribution is 8.08. The number of hydrogen-bond donors (Lipinski definition) is 0. The molecule has 1 aliphatic carbocycles. The summed E-state index contributed by atoms with van der Waals surface area (Å²) >= 11 is 13.4. The fourth-order valence-corrected chi connectivity index (χ4v) is 2.44. The van der Waals surface area contributed by atoms with Crippen molar-refractivity contribution in [3.05, 3.63) is 22.2 Å². The van der Waals surface area contributed by atoms with Gasteiger partial charge in [-0.2, -0.15) is 0 Å². The van der Waals surface area contributed by atoms with E-state index in [1.54, 1.807) is 0 Å². The lowest BCUT2D eigenvalue weighted by atomic mass is 10.2. The Morgan fingerprint density at radius 1 is 1.44 bits per heavy atom. The molecule has 2 atom stereocenters. The summed E-state index contributed by atoms with van der Waals surface area (Å²) in [5, 5.41) is 2.65. The van der Waals surface area contributed by atoms with E-state index in [2.05, 4.69) is 6.08 Å². The Balaban J connectivity index is 2.36. The molecule has 3 heteroatoms. The zero-order valence-electron chi connectivity index (χ0n) is 4.47. The van der Waals surface area contributed by atoms with Crippen LogP contribution >= 0.6 is 35.0 Å². The van der Waals surface area contributed by atoms with E-state index < -0.39 is 0 Å². The summed E-state index contributed by atoms with van der Waals surface area (Å²) in [6.45, 7) is 0. The largest absolute Gasteiger partial charge is 0.142 e. The molecule has 2 unspecified atom stereocenters. The third kappa shape index (κ3) is 0.917. The molecule has 2 aliphatic rings. The molecule has 1 heterocycles. The Morgan fingerprint density at radius 3 is 2.89 bits per heavy atom. The molecule has 0 radical (unpaired) electrons. The SMILES string of the molecule is ClC1=C(Cl)C2SC2C=C1. The van der Waals surface area contributed by atoms with Gasteiger partial charge in [0, 0.05) is 5.25 Å². The third-order valence-electron chi connectivity index (χ3n) is 1.44. The second kappa shape index (κ2) is 1.94. The summed E-state index contributed by atoms with van der Waals surface area (Å²) in [5.41, 5.74) is 0. The van der Waals surface area contributed by atoms with Gasteiger partial charge in [0.05, 0.1) is 15.3 Å². The lowest BCUT2D eigenvalue weighted by Gasteiger charge is -1.99. The summed E-state index contributed by atoms with van der Waals surface area (Å²) in [7, 11) is 0. The van der Waals surface area contributed by atoms with Gasteiger partial charge in [0.15, 0.2) is 0 Å². The molecule has 9 heavy (non-hydrogen) atoms. The van der Waals surface area contributed by atoms with Crippen LogP contribution in [-0.4, -0.2) is 10.5 Å². The highest BCUT2D eigenvalue weighted by atomic mass is 35.5. The van der Waals surface area contributed by atoms with Crippen LogP contribution in [0.5, 0.6) is 0 Å². The molecule has 0 amide bonds. The van der Waals surface area contributed by atoms with E-state index >= 15 is 0 Å². The quantitative estimate of drug-likeness (QED) is 0.515. The lowest BCUT2D eigenvalue weighted by molar-refractivity contribution is 1.18. The predicted molar refractivity (Wildman–Crippen MR) is 43.0 cm³/mol. The van der Waals surface area contributed by atoms with Crippen molar-refractivity contribution in [2.24, 2.45) is 0 Å². The first kappa shape index (κ1) is 6.14. The fraction of sp³-hybridized carbons (Fsp3) is 0.333. The number of rotatable bonds is 0. The van der Waals surface area contributed by atoms with Crippen molar-refractivity contribution in [3.8, 4) is 0 Å². The molecule has 1 fully saturated rings. The lowest BCUT2D eigenvalue weighted by Crippen LogP contribution is -1.95. The average Bonchev–Trinajstić information content (AvgIpc) is 2.58. The van der Waals surface area contributed by atoms with Crippen LogP contribution < -0.4 is 0 Å². The van der Waals surface area contributed by atoms with Crippen LogP contribution in [0.1, 0.15) is 0 Å². The van der Waals surface area contributed by atoms with E-state index in [-0.39, 0.29) is 0 Å². The Hall–Kier alpha value is 0.410. The van der Waals surface area contributed by atoms with Crippen molar-refractivity contribution in [2.75, 3.05) is 0 Å². The minimum absolute atomic E-state index is 0.490. The maximum atomic E-state index is 5.83. The van der Waals surface area contributed by atoms with Crippen LogP contribution in [-0.2, 0) is 0 Å². The van der Waals surface area contributed by atoms with Gasteiger partial charge in [-0.3, -0.25) is 0 Å². The molecule has 0 spiro atoms. The summed E-state index contributed by atoms with van der Waals surface area (Å²) in [4.78, 5) is 0. The predicted octanol–water partition coefficient (Wildman–Crippen LogP) is 2.73. The monoisotopic (exact) mass is 178 g/mol. The summed E-state index contributed by atoms with van der Waals surface area (Å²) in [6, 6.07) is 0. The van der Waals surface area contributed by atoms with E-state index in [1.807, 2.05) is 17.8 Å². The van der Waals surface area contributed by atoms with Crippen molar-refractivity contribution in [2.45, 2.75) is 10.5 Å². The minimum Gasteiger partial charge on any atom is -0.142 e. The molecule has 0 N–H and O–H groups in total. The second-order valence-corrected chi connectivity index (χ2v) is 4.22. The molecular formula is C6H4Cl2S. The minimum atomic E-state index is 0.490. The van der Waals surface area contributed by atoms with Gasteiger partial charge >= 0.3 is 0 Å². The zero-order chi connectivity index (χ0) is 6.43. The maximum Gasteiger partial charge on any atom is 0.0580 e. The third-order valence-corrected chi connectivity index (χ3v) is 3.68. The number of hydrogen-bond acceptors (Lipinski definition) is 1. The van der Waals surface area contributed by atoms with E-state index in [1.165, 1.54) is 0 Å². The Kier molecular flexibility index (Phi) is 1.33. The van der Waals surface area contributed by atoms with Crippen LogP contribution in [0, 0.1) is 0 Å². The van der Waals surface area contributed by atoms with Crippen molar-refractivity contribution in [1.29, 1.82) is 0 Å². The highest BCUT2D eigenvalue weighted by Crippen LogP contribution is 2.52. The number of fused-ring (bicyclic) bond motifs is 1. The first-order chi connectivity index (χ1) is 4.29.